The minimum absolute atomic E-state index is 0.151. The first-order valence-corrected chi connectivity index (χ1v) is 9.57. The average molecular weight is 378 g/mol. The molecule has 2 bridgehead atoms. The van der Waals surface area contributed by atoms with Crippen LogP contribution in [0.4, 0.5) is 0 Å². The zero-order valence-electron chi connectivity index (χ0n) is 15.4. The number of aliphatic carboxylic acids is 3. The van der Waals surface area contributed by atoms with Crippen molar-refractivity contribution in [3.63, 3.8) is 0 Å². The summed E-state index contributed by atoms with van der Waals surface area (Å²) in [5.41, 5.74) is -2.59. The van der Waals surface area contributed by atoms with Gasteiger partial charge in [-0.15, -0.1) is 0 Å². The van der Waals surface area contributed by atoms with Crippen LogP contribution in [0.5, 0.6) is 0 Å². The van der Waals surface area contributed by atoms with Crippen molar-refractivity contribution in [1.29, 1.82) is 0 Å². The monoisotopic (exact) mass is 378 g/mol. The molecule has 0 heterocycles. The van der Waals surface area contributed by atoms with Crippen molar-refractivity contribution in [2.24, 2.45) is 40.4 Å². The Kier molecular flexibility index (Phi) is 3.65. The number of hydrogen-bond acceptors (Lipinski definition) is 4. The Hall–Kier alpha value is -1.89. The fourth-order valence-corrected chi connectivity index (χ4v) is 7.43. The fourth-order valence-electron chi connectivity index (χ4n) is 7.43. The number of hydrogen-bond donors (Lipinski definition) is 4. The molecule has 4 N–H and O–H groups in total. The molecule has 0 aromatic carbocycles. The predicted octanol–water partition coefficient (Wildman–Crippen LogP) is 2.00. The van der Waals surface area contributed by atoms with Gasteiger partial charge in [-0.2, -0.15) is 0 Å². The molecule has 4 rings (SSSR count). The first kappa shape index (κ1) is 18.5. The highest BCUT2D eigenvalue weighted by Gasteiger charge is 2.75. The molecule has 0 aromatic rings. The van der Waals surface area contributed by atoms with Crippen molar-refractivity contribution in [1.82, 2.24) is 0 Å². The van der Waals surface area contributed by atoms with Gasteiger partial charge in [0.2, 0.25) is 0 Å². The van der Waals surface area contributed by atoms with Crippen LogP contribution in [0.15, 0.2) is 12.2 Å². The van der Waals surface area contributed by atoms with Gasteiger partial charge in [0.15, 0.2) is 0 Å². The molecule has 0 aliphatic heterocycles. The Morgan fingerprint density at radius 3 is 2.30 bits per heavy atom. The maximum atomic E-state index is 12.4. The molecule has 1 spiro atoms. The third kappa shape index (κ3) is 2.09. The molecule has 4 aliphatic carbocycles. The molecule has 8 atom stereocenters. The van der Waals surface area contributed by atoms with E-state index in [0.29, 0.717) is 24.8 Å². The minimum Gasteiger partial charge on any atom is -0.481 e. The summed E-state index contributed by atoms with van der Waals surface area (Å²) in [6, 6.07) is 0. The van der Waals surface area contributed by atoms with Gasteiger partial charge in [-0.05, 0) is 74.2 Å². The molecule has 4 aliphatic rings. The normalized spacial score (nSPS) is 50.7. The van der Waals surface area contributed by atoms with Crippen LogP contribution < -0.4 is 0 Å². The first-order chi connectivity index (χ1) is 12.5. The highest BCUT2D eigenvalue weighted by molar-refractivity contribution is 5.81. The molecule has 0 amide bonds. The zero-order valence-corrected chi connectivity index (χ0v) is 15.4. The third-order valence-corrected chi connectivity index (χ3v) is 8.53. The molecular formula is C20H26O7. The molecule has 7 nitrogen and oxygen atoms in total. The second-order valence-corrected chi connectivity index (χ2v) is 9.49. The Morgan fingerprint density at radius 2 is 1.74 bits per heavy atom. The maximum absolute atomic E-state index is 12.4. The van der Waals surface area contributed by atoms with Crippen LogP contribution in [-0.4, -0.2) is 43.9 Å². The highest BCUT2D eigenvalue weighted by atomic mass is 16.4. The van der Waals surface area contributed by atoms with E-state index in [9.17, 15) is 34.8 Å². The summed E-state index contributed by atoms with van der Waals surface area (Å²) in [5, 5.41) is 40.9. The first-order valence-electron chi connectivity index (χ1n) is 9.57. The highest BCUT2D eigenvalue weighted by Crippen LogP contribution is 2.74. The zero-order chi connectivity index (χ0) is 19.9. The molecule has 0 radical (unpaired) electrons. The largest absolute Gasteiger partial charge is 0.481 e. The summed E-state index contributed by atoms with van der Waals surface area (Å²) >= 11 is 0. The predicted molar refractivity (Wildman–Crippen MR) is 92.7 cm³/mol. The lowest BCUT2D eigenvalue weighted by atomic mass is 9.56. The van der Waals surface area contributed by atoms with Crippen molar-refractivity contribution in [2.45, 2.75) is 51.0 Å². The lowest BCUT2D eigenvalue weighted by Crippen LogP contribution is -2.50. The summed E-state index contributed by atoms with van der Waals surface area (Å²) in [7, 11) is 0. The van der Waals surface area contributed by atoms with Crippen LogP contribution in [0.2, 0.25) is 0 Å². The number of fused-ring (bicyclic) bond motifs is 3. The van der Waals surface area contributed by atoms with E-state index in [1.165, 1.54) is 0 Å². The summed E-state index contributed by atoms with van der Waals surface area (Å²) in [5.74, 6) is -6.33. The third-order valence-electron chi connectivity index (χ3n) is 8.53. The van der Waals surface area contributed by atoms with E-state index in [1.54, 1.807) is 6.92 Å². The van der Waals surface area contributed by atoms with Crippen LogP contribution in [0.3, 0.4) is 0 Å². The van der Waals surface area contributed by atoms with Gasteiger partial charge in [-0.3, -0.25) is 14.4 Å². The summed E-state index contributed by atoms with van der Waals surface area (Å²) in [6.07, 6.45) is 1.92. The van der Waals surface area contributed by atoms with Gasteiger partial charge in [0.05, 0.1) is 22.9 Å². The summed E-state index contributed by atoms with van der Waals surface area (Å²) in [4.78, 5) is 36.6. The van der Waals surface area contributed by atoms with E-state index < -0.39 is 58.0 Å². The second kappa shape index (κ2) is 5.34. The van der Waals surface area contributed by atoms with Crippen LogP contribution in [-0.2, 0) is 14.4 Å². The van der Waals surface area contributed by atoms with Gasteiger partial charge in [0.1, 0.15) is 0 Å². The van der Waals surface area contributed by atoms with Crippen LogP contribution in [0, 0.1) is 40.4 Å². The van der Waals surface area contributed by atoms with Crippen molar-refractivity contribution in [2.75, 3.05) is 0 Å². The maximum Gasteiger partial charge on any atom is 0.309 e. The fraction of sp³-hybridized carbons (Fsp3) is 0.750. The quantitative estimate of drug-likeness (QED) is 0.552. The molecule has 4 fully saturated rings. The summed E-state index contributed by atoms with van der Waals surface area (Å²) < 4.78 is 0. The van der Waals surface area contributed by atoms with Gasteiger partial charge < -0.3 is 20.4 Å². The van der Waals surface area contributed by atoms with Gasteiger partial charge in [0.25, 0.3) is 0 Å². The molecule has 27 heavy (non-hydrogen) atoms. The number of rotatable bonds is 3. The van der Waals surface area contributed by atoms with Gasteiger partial charge >= 0.3 is 17.9 Å². The molecule has 7 heteroatoms. The lowest BCUT2D eigenvalue weighted by Gasteiger charge is -2.45. The Balaban J connectivity index is 1.93. The Labute approximate surface area is 157 Å². The second-order valence-electron chi connectivity index (χ2n) is 9.49. The van der Waals surface area contributed by atoms with Gasteiger partial charge in [0, 0.05) is 0 Å². The van der Waals surface area contributed by atoms with Crippen LogP contribution in [0.1, 0.15) is 45.4 Å². The number of carboxylic acids is 3. The van der Waals surface area contributed by atoms with Crippen molar-refractivity contribution in [3.05, 3.63) is 12.2 Å². The van der Waals surface area contributed by atoms with E-state index >= 15 is 0 Å². The molecule has 0 aromatic heterocycles. The number of carboxylic acid groups (broad SMARTS) is 3. The minimum atomic E-state index is -1.28. The van der Waals surface area contributed by atoms with Gasteiger partial charge in [-0.25, -0.2) is 0 Å². The number of aliphatic hydroxyl groups is 1. The summed E-state index contributed by atoms with van der Waals surface area (Å²) in [6.45, 7) is 5.56. The molecule has 8 unspecified atom stereocenters. The van der Waals surface area contributed by atoms with E-state index in [4.69, 9.17) is 0 Å². The molecule has 148 valence electrons. The smallest absolute Gasteiger partial charge is 0.309 e. The molecular weight excluding hydrogens is 352 g/mol. The topological polar surface area (TPSA) is 132 Å². The van der Waals surface area contributed by atoms with Crippen molar-refractivity contribution >= 4 is 17.9 Å². The molecule has 0 saturated heterocycles. The Morgan fingerprint density at radius 1 is 1.07 bits per heavy atom. The van der Waals surface area contributed by atoms with E-state index in [-0.39, 0.29) is 25.2 Å². The van der Waals surface area contributed by atoms with E-state index in [1.807, 2.05) is 0 Å². The molecule has 4 saturated carbocycles. The van der Waals surface area contributed by atoms with E-state index in [2.05, 4.69) is 6.58 Å². The number of carbonyl (C=O) groups is 3. The Bertz CT molecular complexity index is 759. The standard InChI is InChI=1S/C20H26O7/c1-9-7-19-8-20(9,27)6-4-11(19)12-10(15(21)22)3-5-18(2,17(25)26)13(12)14(19)16(23)24/h10-14,27H,1,3-8H2,2H3,(H,21,22)(H,23,24)(H,25,26). The van der Waals surface area contributed by atoms with Crippen molar-refractivity contribution in [3.8, 4) is 0 Å². The van der Waals surface area contributed by atoms with Crippen molar-refractivity contribution < 1.29 is 34.8 Å². The van der Waals surface area contributed by atoms with Gasteiger partial charge in [-0.1, -0.05) is 6.58 Å². The van der Waals surface area contributed by atoms with Crippen LogP contribution >= 0.6 is 0 Å². The SMILES string of the molecule is C=C1CC23CC1(O)CCC2C1C(C(=O)O)CCC(C)(C(=O)O)C1C3C(=O)O. The lowest BCUT2D eigenvalue weighted by molar-refractivity contribution is -0.169. The average Bonchev–Trinajstić information content (AvgIpc) is 2.95. The van der Waals surface area contributed by atoms with E-state index in [0.717, 1.165) is 0 Å². The van der Waals surface area contributed by atoms with Crippen LogP contribution in [0.25, 0.3) is 0 Å².